The van der Waals surface area contributed by atoms with Gasteiger partial charge in [0.2, 0.25) is 0 Å². The van der Waals surface area contributed by atoms with Gasteiger partial charge in [0.05, 0.1) is 12.2 Å². The molecule has 3 saturated carbocycles. The van der Waals surface area contributed by atoms with E-state index in [0.29, 0.717) is 36.7 Å². The highest BCUT2D eigenvalue weighted by molar-refractivity contribution is 5.89. The van der Waals surface area contributed by atoms with Gasteiger partial charge < -0.3 is 20.4 Å². The normalized spacial score (nSPS) is 38.1. The van der Waals surface area contributed by atoms with Crippen LogP contribution >= 0.6 is 0 Å². The number of hydrogen-bond acceptors (Lipinski definition) is 5. The Bertz CT molecular complexity index is 788. The number of carbonyl (C=O) groups is 1. The lowest BCUT2D eigenvalue weighted by Crippen LogP contribution is -2.42. The van der Waals surface area contributed by atoms with Crippen LogP contribution < -0.4 is 0 Å². The van der Waals surface area contributed by atoms with Crippen LogP contribution in [0.2, 0.25) is 0 Å². The molecule has 4 N–H and O–H groups in total. The third-order valence-electron chi connectivity index (χ3n) is 8.49. The number of allylic oxidation sites excluding steroid dienone is 3. The van der Waals surface area contributed by atoms with Crippen LogP contribution in [-0.2, 0) is 4.79 Å². The van der Waals surface area contributed by atoms with Gasteiger partial charge in [-0.05, 0) is 93.1 Å². The highest BCUT2D eigenvalue weighted by Gasteiger charge is 2.51. The smallest absolute Gasteiger partial charge is 0.192 e. The summed E-state index contributed by atoms with van der Waals surface area (Å²) in [5, 5.41) is 40.6. The van der Waals surface area contributed by atoms with Crippen LogP contribution in [0.3, 0.4) is 0 Å². The first-order valence-corrected chi connectivity index (χ1v) is 12.2. The molecule has 5 nitrogen and oxygen atoms in total. The summed E-state index contributed by atoms with van der Waals surface area (Å²) in [5.41, 5.74) is 1.69. The van der Waals surface area contributed by atoms with Crippen molar-refractivity contribution >= 4 is 5.78 Å². The summed E-state index contributed by atoms with van der Waals surface area (Å²) >= 11 is 0. The van der Waals surface area contributed by atoms with Gasteiger partial charge in [0, 0.05) is 6.42 Å². The minimum absolute atomic E-state index is 0.127. The second-order valence-corrected chi connectivity index (χ2v) is 11.3. The van der Waals surface area contributed by atoms with Gasteiger partial charge in [-0.1, -0.05) is 38.2 Å². The van der Waals surface area contributed by atoms with Gasteiger partial charge in [-0.3, -0.25) is 4.79 Å². The van der Waals surface area contributed by atoms with Crippen molar-refractivity contribution in [1.82, 2.24) is 0 Å². The Balaban J connectivity index is 1.75. The summed E-state index contributed by atoms with van der Waals surface area (Å²) in [6.07, 6.45) is 8.69. The van der Waals surface area contributed by atoms with Crippen molar-refractivity contribution in [1.29, 1.82) is 0 Å². The summed E-state index contributed by atoms with van der Waals surface area (Å²) in [4.78, 5) is 12.3. The van der Waals surface area contributed by atoms with Gasteiger partial charge in [-0.25, -0.2) is 0 Å². The molecular weight excluding hydrogens is 404 g/mol. The SMILES string of the molecule is C=C1/C(=C\C=C2/CCC[C@@]3(C)C2CCC3[C@H](C)C[C@H](O)C(=O)C(C)(C)O)C[C@@H](O)C[C@@H]1O. The van der Waals surface area contributed by atoms with Crippen molar-refractivity contribution in [2.45, 2.75) is 103 Å². The number of carbonyl (C=O) groups excluding carboxylic acids is 1. The van der Waals surface area contributed by atoms with Gasteiger partial charge >= 0.3 is 0 Å². The Hall–Kier alpha value is -1.27. The predicted octanol–water partition coefficient (Wildman–Crippen LogP) is 3.85. The van der Waals surface area contributed by atoms with Crippen LogP contribution in [0, 0.1) is 23.2 Å². The molecule has 3 rings (SSSR count). The molecule has 0 bridgehead atoms. The van der Waals surface area contributed by atoms with Gasteiger partial charge in [0.1, 0.15) is 11.7 Å². The van der Waals surface area contributed by atoms with Crippen LogP contribution in [0.5, 0.6) is 0 Å². The lowest BCUT2D eigenvalue weighted by atomic mass is 9.60. The molecule has 0 aromatic heterocycles. The summed E-state index contributed by atoms with van der Waals surface area (Å²) in [6.45, 7) is 11.4. The van der Waals surface area contributed by atoms with E-state index in [1.165, 1.54) is 19.4 Å². The van der Waals surface area contributed by atoms with Crippen molar-refractivity contribution in [3.63, 3.8) is 0 Å². The maximum atomic E-state index is 12.3. The second-order valence-electron chi connectivity index (χ2n) is 11.3. The minimum atomic E-state index is -1.51. The first kappa shape index (κ1) is 25.4. The van der Waals surface area contributed by atoms with E-state index in [4.69, 9.17) is 0 Å². The van der Waals surface area contributed by atoms with Crippen molar-refractivity contribution in [2.24, 2.45) is 23.2 Å². The van der Waals surface area contributed by atoms with Crippen LogP contribution in [0.15, 0.2) is 35.5 Å². The number of ketones is 1. The standard InChI is InChI=1S/C27H42O5/c1-16(13-24(30)25(31)26(3,4)32)21-10-11-22-18(7-6-12-27(21,22)5)8-9-19-14-20(28)15-23(29)17(19)2/h8-9,16,20-24,28-30,32H,2,6-7,10-15H2,1,3-5H3/b18-8+,19-9-/t16-,20-,21?,22?,23+,24+,27-/m1/s1. The summed E-state index contributed by atoms with van der Waals surface area (Å²) in [7, 11) is 0. The zero-order valence-corrected chi connectivity index (χ0v) is 20.2. The van der Waals surface area contributed by atoms with E-state index in [0.717, 1.165) is 37.7 Å². The third-order valence-corrected chi connectivity index (χ3v) is 8.49. The zero-order chi connectivity index (χ0) is 23.8. The van der Waals surface area contributed by atoms with Crippen molar-refractivity contribution in [2.75, 3.05) is 0 Å². The molecule has 7 atom stereocenters. The molecule has 0 aliphatic heterocycles. The number of fused-ring (bicyclic) bond motifs is 1. The topological polar surface area (TPSA) is 98.0 Å². The highest BCUT2D eigenvalue weighted by atomic mass is 16.3. The Morgan fingerprint density at radius 2 is 1.97 bits per heavy atom. The average molecular weight is 447 g/mol. The number of aliphatic hydroxyl groups excluding tert-OH is 3. The van der Waals surface area contributed by atoms with Crippen molar-refractivity contribution in [3.8, 4) is 0 Å². The fourth-order valence-electron chi connectivity index (χ4n) is 6.71. The first-order chi connectivity index (χ1) is 14.8. The van der Waals surface area contributed by atoms with Crippen LogP contribution in [0.25, 0.3) is 0 Å². The monoisotopic (exact) mass is 446 g/mol. The highest BCUT2D eigenvalue weighted by Crippen LogP contribution is 2.59. The summed E-state index contributed by atoms with van der Waals surface area (Å²) in [6, 6.07) is 0. The molecule has 3 aliphatic carbocycles. The number of aliphatic hydroxyl groups is 4. The van der Waals surface area contributed by atoms with E-state index < -0.39 is 29.7 Å². The molecule has 0 heterocycles. The molecule has 0 saturated heterocycles. The molecule has 5 heteroatoms. The molecule has 0 radical (unpaired) electrons. The summed E-state index contributed by atoms with van der Waals surface area (Å²) in [5.74, 6) is 0.570. The van der Waals surface area contributed by atoms with E-state index in [9.17, 15) is 25.2 Å². The molecule has 2 unspecified atom stereocenters. The second kappa shape index (κ2) is 9.54. The van der Waals surface area contributed by atoms with Gasteiger partial charge in [-0.2, -0.15) is 0 Å². The lowest BCUT2D eigenvalue weighted by molar-refractivity contribution is -0.144. The summed E-state index contributed by atoms with van der Waals surface area (Å²) < 4.78 is 0. The van der Waals surface area contributed by atoms with Crippen LogP contribution in [0.1, 0.15) is 79.1 Å². The third kappa shape index (κ3) is 5.11. The molecule has 0 spiro atoms. The van der Waals surface area contributed by atoms with Crippen LogP contribution in [-0.4, -0.2) is 50.1 Å². The maximum Gasteiger partial charge on any atom is 0.192 e. The zero-order valence-electron chi connectivity index (χ0n) is 20.2. The van der Waals surface area contributed by atoms with Crippen LogP contribution in [0.4, 0.5) is 0 Å². The van der Waals surface area contributed by atoms with E-state index in [1.807, 2.05) is 0 Å². The predicted molar refractivity (Wildman–Crippen MR) is 126 cm³/mol. The van der Waals surface area contributed by atoms with E-state index >= 15 is 0 Å². The van der Waals surface area contributed by atoms with E-state index in [2.05, 4.69) is 32.6 Å². The number of hydrogen-bond donors (Lipinski definition) is 4. The molecule has 180 valence electrons. The first-order valence-electron chi connectivity index (χ1n) is 12.2. The lowest BCUT2D eigenvalue weighted by Gasteiger charge is -2.44. The van der Waals surface area contributed by atoms with Gasteiger partial charge in [-0.15, -0.1) is 0 Å². The molecule has 0 aromatic rings. The molecular formula is C27H42O5. The quantitative estimate of drug-likeness (QED) is 0.497. The number of Topliss-reactive ketones (excluding diaryl/α,β-unsaturated/α-hetero) is 1. The number of rotatable bonds is 6. The fourth-order valence-corrected chi connectivity index (χ4v) is 6.71. The molecule has 3 fully saturated rings. The maximum absolute atomic E-state index is 12.3. The van der Waals surface area contributed by atoms with Gasteiger partial charge in [0.25, 0.3) is 0 Å². The van der Waals surface area contributed by atoms with E-state index in [-0.39, 0.29) is 11.3 Å². The molecule has 0 amide bonds. The largest absolute Gasteiger partial charge is 0.393 e. The Morgan fingerprint density at radius 3 is 2.62 bits per heavy atom. The Kier molecular flexibility index (Phi) is 7.56. The van der Waals surface area contributed by atoms with E-state index in [1.54, 1.807) is 0 Å². The fraction of sp³-hybridized carbons (Fsp3) is 0.741. The average Bonchev–Trinajstić information content (AvgIpc) is 3.05. The molecule has 3 aliphatic rings. The van der Waals surface area contributed by atoms with Crippen molar-refractivity contribution < 1.29 is 25.2 Å². The minimum Gasteiger partial charge on any atom is -0.393 e. The molecule has 32 heavy (non-hydrogen) atoms. The molecule has 0 aromatic carbocycles. The van der Waals surface area contributed by atoms with Gasteiger partial charge in [0.15, 0.2) is 5.78 Å². The Morgan fingerprint density at radius 1 is 1.28 bits per heavy atom. The van der Waals surface area contributed by atoms with Crippen molar-refractivity contribution in [3.05, 3.63) is 35.5 Å². The Labute approximate surface area is 192 Å².